The number of amides is 1. The van der Waals surface area contributed by atoms with E-state index in [2.05, 4.69) is 20.6 Å². The third-order valence-electron chi connectivity index (χ3n) is 3.12. The van der Waals surface area contributed by atoms with Gasteiger partial charge >= 0.3 is 0 Å². The number of nitrogens with one attached hydrogen (secondary N) is 2. The second kappa shape index (κ2) is 7.29. The highest BCUT2D eigenvalue weighted by molar-refractivity contribution is 6.33. The second-order valence-electron chi connectivity index (χ2n) is 4.86. The molecule has 1 aromatic heterocycles. The van der Waals surface area contributed by atoms with Gasteiger partial charge in [0.1, 0.15) is 17.8 Å². The number of para-hydroxylation sites is 1. The van der Waals surface area contributed by atoms with Crippen LogP contribution in [0.5, 0.6) is 0 Å². The zero-order valence-corrected chi connectivity index (χ0v) is 13.8. The monoisotopic (exact) mass is 358 g/mol. The first-order valence-corrected chi connectivity index (χ1v) is 7.78. The van der Waals surface area contributed by atoms with E-state index in [4.69, 9.17) is 23.2 Å². The molecule has 0 atom stereocenters. The van der Waals surface area contributed by atoms with Gasteiger partial charge in [-0.15, -0.1) is 0 Å². The molecule has 0 saturated carbocycles. The van der Waals surface area contributed by atoms with E-state index >= 15 is 0 Å². The Hall–Kier alpha value is -2.63. The van der Waals surface area contributed by atoms with Gasteiger partial charge in [-0.1, -0.05) is 41.4 Å². The standard InChI is InChI=1S/C17H12Cl2N4O/c18-11-4-3-5-12(8-11)22-17(24)15-9-16(21-10-20-15)23-14-7-2-1-6-13(14)19/h1-10H,(H,22,24)(H,20,21,23). The van der Waals surface area contributed by atoms with E-state index in [9.17, 15) is 4.79 Å². The van der Waals surface area contributed by atoms with Crippen molar-refractivity contribution in [1.29, 1.82) is 0 Å². The summed E-state index contributed by atoms with van der Waals surface area (Å²) in [6.45, 7) is 0. The normalized spacial score (nSPS) is 10.2. The van der Waals surface area contributed by atoms with Gasteiger partial charge in [-0.05, 0) is 30.3 Å². The second-order valence-corrected chi connectivity index (χ2v) is 5.70. The molecule has 7 heteroatoms. The van der Waals surface area contributed by atoms with E-state index in [0.29, 0.717) is 27.2 Å². The fraction of sp³-hybridized carbons (Fsp3) is 0. The molecule has 3 rings (SSSR count). The highest BCUT2D eigenvalue weighted by atomic mass is 35.5. The number of halogens is 2. The lowest BCUT2D eigenvalue weighted by Crippen LogP contribution is -2.14. The average molecular weight is 359 g/mol. The maximum absolute atomic E-state index is 12.3. The Morgan fingerprint density at radius 1 is 0.958 bits per heavy atom. The molecule has 5 nitrogen and oxygen atoms in total. The summed E-state index contributed by atoms with van der Waals surface area (Å²) in [4.78, 5) is 20.4. The Morgan fingerprint density at radius 2 is 1.79 bits per heavy atom. The van der Waals surface area contributed by atoms with Gasteiger partial charge in [0.05, 0.1) is 10.7 Å². The number of rotatable bonds is 4. The summed E-state index contributed by atoms with van der Waals surface area (Å²) in [5, 5.41) is 6.89. The lowest BCUT2D eigenvalue weighted by Gasteiger charge is -2.09. The van der Waals surface area contributed by atoms with Crippen LogP contribution in [-0.4, -0.2) is 15.9 Å². The van der Waals surface area contributed by atoms with Gasteiger partial charge in [0.25, 0.3) is 5.91 Å². The van der Waals surface area contributed by atoms with E-state index in [-0.39, 0.29) is 11.6 Å². The number of nitrogens with zero attached hydrogens (tertiary/aromatic N) is 2. The molecular formula is C17H12Cl2N4O. The molecule has 0 fully saturated rings. The molecule has 2 aromatic carbocycles. The fourth-order valence-corrected chi connectivity index (χ4v) is 2.39. The van der Waals surface area contributed by atoms with Crippen molar-refractivity contribution < 1.29 is 4.79 Å². The minimum atomic E-state index is -0.359. The summed E-state index contributed by atoms with van der Waals surface area (Å²) in [5.41, 5.74) is 1.50. The predicted octanol–water partition coefficient (Wildman–Crippen LogP) is 4.78. The predicted molar refractivity (Wildman–Crippen MR) is 96.2 cm³/mol. The molecule has 0 bridgehead atoms. The van der Waals surface area contributed by atoms with Crippen LogP contribution in [0.3, 0.4) is 0 Å². The first-order chi connectivity index (χ1) is 11.6. The van der Waals surface area contributed by atoms with Crippen LogP contribution in [0.4, 0.5) is 17.2 Å². The smallest absolute Gasteiger partial charge is 0.274 e. The Kier molecular flexibility index (Phi) is 4.93. The highest BCUT2D eigenvalue weighted by Crippen LogP contribution is 2.24. The summed E-state index contributed by atoms with van der Waals surface area (Å²) in [6.07, 6.45) is 1.31. The average Bonchev–Trinajstić information content (AvgIpc) is 2.57. The van der Waals surface area contributed by atoms with E-state index in [1.54, 1.807) is 36.4 Å². The number of aromatic nitrogens is 2. The molecule has 120 valence electrons. The number of hydrogen-bond donors (Lipinski definition) is 2. The van der Waals surface area contributed by atoms with E-state index in [1.807, 2.05) is 18.2 Å². The maximum Gasteiger partial charge on any atom is 0.274 e. The van der Waals surface area contributed by atoms with Crippen molar-refractivity contribution in [1.82, 2.24) is 9.97 Å². The van der Waals surface area contributed by atoms with Gasteiger partial charge in [0.2, 0.25) is 0 Å². The van der Waals surface area contributed by atoms with E-state index in [0.717, 1.165) is 0 Å². The number of benzene rings is 2. The highest BCUT2D eigenvalue weighted by Gasteiger charge is 2.10. The zero-order valence-electron chi connectivity index (χ0n) is 12.3. The summed E-state index contributed by atoms with van der Waals surface area (Å²) in [6, 6.07) is 15.7. The van der Waals surface area contributed by atoms with Crippen LogP contribution in [0, 0.1) is 0 Å². The van der Waals surface area contributed by atoms with Crippen LogP contribution in [0.2, 0.25) is 10.0 Å². The molecular weight excluding hydrogens is 347 g/mol. The molecule has 0 radical (unpaired) electrons. The Morgan fingerprint density at radius 3 is 2.58 bits per heavy atom. The van der Waals surface area contributed by atoms with Gasteiger partial charge in [-0.3, -0.25) is 4.79 Å². The molecule has 3 aromatic rings. The molecule has 0 aliphatic rings. The SMILES string of the molecule is O=C(Nc1cccc(Cl)c1)c1cc(Nc2ccccc2Cl)ncn1. The maximum atomic E-state index is 12.3. The number of hydrogen-bond acceptors (Lipinski definition) is 4. The van der Waals surface area contributed by atoms with Crippen molar-refractivity contribution in [3.63, 3.8) is 0 Å². The molecule has 1 amide bonds. The van der Waals surface area contributed by atoms with Gasteiger partial charge < -0.3 is 10.6 Å². The molecule has 0 aliphatic heterocycles. The summed E-state index contributed by atoms with van der Waals surface area (Å²) in [7, 11) is 0. The molecule has 0 saturated heterocycles. The minimum absolute atomic E-state index is 0.222. The van der Waals surface area contributed by atoms with Gasteiger partial charge in [-0.25, -0.2) is 9.97 Å². The van der Waals surface area contributed by atoms with Crippen molar-refractivity contribution >= 4 is 46.3 Å². The lowest BCUT2D eigenvalue weighted by molar-refractivity contribution is 0.102. The van der Waals surface area contributed by atoms with Crippen molar-refractivity contribution in [3.8, 4) is 0 Å². The van der Waals surface area contributed by atoms with E-state index in [1.165, 1.54) is 6.33 Å². The Bertz CT molecular complexity index is 886. The number of anilines is 3. The zero-order chi connectivity index (χ0) is 16.9. The minimum Gasteiger partial charge on any atom is -0.339 e. The summed E-state index contributed by atoms with van der Waals surface area (Å²) >= 11 is 12.0. The molecule has 24 heavy (non-hydrogen) atoms. The van der Waals surface area contributed by atoms with Crippen LogP contribution in [0.15, 0.2) is 60.9 Å². The van der Waals surface area contributed by atoms with Crippen LogP contribution >= 0.6 is 23.2 Å². The van der Waals surface area contributed by atoms with Crippen molar-refractivity contribution in [2.45, 2.75) is 0 Å². The lowest BCUT2D eigenvalue weighted by atomic mass is 10.3. The van der Waals surface area contributed by atoms with Gasteiger partial charge in [-0.2, -0.15) is 0 Å². The summed E-state index contributed by atoms with van der Waals surface area (Å²) < 4.78 is 0. The van der Waals surface area contributed by atoms with Crippen LogP contribution in [0.25, 0.3) is 0 Å². The Balaban J connectivity index is 1.77. The molecule has 0 unspecified atom stereocenters. The van der Waals surface area contributed by atoms with Gasteiger partial charge in [0.15, 0.2) is 0 Å². The quantitative estimate of drug-likeness (QED) is 0.704. The van der Waals surface area contributed by atoms with Crippen molar-refractivity contribution in [2.24, 2.45) is 0 Å². The van der Waals surface area contributed by atoms with Crippen LogP contribution in [0.1, 0.15) is 10.5 Å². The summed E-state index contributed by atoms with van der Waals surface area (Å²) in [5.74, 6) is 0.108. The first kappa shape index (κ1) is 16.2. The molecule has 2 N–H and O–H groups in total. The van der Waals surface area contributed by atoms with Crippen LogP contribution < -0.4 is 10.6 Å². The van der Waals surface area contributed by atoms with E-state index < -0.39 is 0 Å². The number of carbonyl (C=O) groups excluding carboxylic acids is 1. The van der Waals surface area contributed by atoms with Crippen LogP contribution in [-0.2, 0) is 0 Å². The van der Waals surface area contributed by atoms with Crippen molar-refractivity contribution in [2.75, 3.05) is 10.6 Å². The largest absolute Gasteiger partial charge is 0.339 e. The number of carbonyl (C=O) groups is 1. The third-order valence-corrected chi connectivity index (χ3v) is 3.68. The Labute approximate surface area is 148 Å². The fourth-order valence-electron chi connectivity index (χ4n) is 2.01. The third kappa shape index (κ3) is 4.01. The van der Waals surface area contributed by atoms with Gasteiger partial charge in [0, 0.05) is 16.8 Å². The molecule has 1 heterocycles. The van der Waals surface area contributed by atoms with Crippen molar-refractivity contribution in [3.05, 3.63) is 76.7 Å². The molecule has 0 aliphatic carbocycles. The first-order valence-electron chi connectivity index (χ1n) is 7.02. The topological polar surface area (TPSA) is 66.9 Å². The molecule has 0 spiro atoms.